The molecule has 0 aromatic carbocycles. The van der Waals surface area contributed by atoms with Crippen LogP contribution in [0.5, 0.6) is 0 Å². The Morgan fingerprint density at radius 3 is 3.16 bits per heavy atom. The van der Waals surface area contributed by atoms with E-state index in [1.165, 1.54) is 29.1 Å². The number of nitrogens with one attached hydrogen (secondary N) is 1. The minimum absolute atomic E-state index is 0.289. The van der Waals surface area contributed by atoms with Crippen molar-refractivity contribution in [1.82, 2.24) is 15.3 Å². The van der Waals surface area contributed by atoms with Gasteiger partial charge < -0.3 is 0 Å². The van der Waals surface area contributed by atoms with Crippen LogP contribution in [-0.4, -0.2) is 9.97 Å². The van der Waals surface area contributed by atoms with E-state index in [1.54, 1.807) is 11.3 Å². The van der Waals surface area contributed by atoms with Crippen LogP contribution in [0.2, 0.25) is 0 Å². The maximum absolute atomic E-state index is 4.57. The second-order valence-corrected chi connectivity index (χ2v) is 6.10. The Balaban J connectivity index is 1.77. The Kier molecular flexibility index (Phi) is 3.62. The van der Waals surface area contributed by atoms with E-state index in [4.69, 9.17) is 0 Å². The van der Waals surface area contributed by atoms with Crippen molar-refractivity contribution < 1.29 is 0 Å². The summed E-state index contributed by atoms with van der Waals surface area (Å²) < 4.78 is 0. The lowest BCUT2D eigenvalue weighted by molar-refractivity contribution is 0.405. The van der Waals surface area contributed by atoms with Crippen LogP contribution >= 0.6 is 11.3 Å². The zero-order valence-corrected chi connectivity index (χ0v) is 12.2. The number of aromatic nitrogens is 2. The van der Waals surface area contributed by atoms with Gasteiger partial charge in [0, 0.05) is 17.3 Å². The van der Waals surface area contributed by atoms with Crippen LogP contribution in [0.1, 0.15) is 53.8 Å². The highest BCUT2D eigenvalue weighted by molar-refractivity contribution is 7.09. The van der Waals surface area contributed by atoms with Gasteiger partial charge in [0.2, 0.25) is 0 Å². The molecule has 0 amide bonds. The predicted molar refractivity (Wildman–Crippen MR) is 78.3 cm³/mol. The van der Waals surface area contributed by atoms with Gasteiger partial charge in [0.05, 0.1) is 17.8 Å². The van der Waals surface area contributed by atoms with E-state index in [9.17, 15) is 0 Å². The van der Waals surface area contributed by atoms with E-state index in [2.05, 4.69) is 33.7 Å². The van der Waals surface area contributed by atoms with Gasteiger partial charge in [-0.1, -0.05) is 6.07 Å². The monoisotopic (exact) mass is 273 g/mol. The van der Waals surface area contributed by atoms with Crippen LogP contribution in [-0.2, 0) is 6.42 Å². The molecular formula is C15H19N3S. The van der Waals surface area contributed by atoms with Gasteiger partial charge >= 0.3 is 0 Å². The number of nitrogens with zero attached hydrogens (tertiary/aromatic N) is 2. The van der Waals surface area contributed by atoms with Crippen molar-refractivity contribution in [3.8, 4) is 0 Å². The summed E-state index contributed by atoms with van der Waals surface area (Å²) in [6, 6.07) is 4.89. The Hall–Kier alpha value is -1.26. The molecule has 1 aliphatic rings. The average Bonchev–Trinajstić information content (AvgIpc) is 2.86. The molecule has 3 nitrogen and oxygen atoms in total. The summed E-state index contributed by atoms with van der Waals surface area (Å²) in [6.07, 6.45) is 5.46. The number of hydrogen-bond acceptors (Lipinski definition) is 4. The molecule has 0 saturated heterocycles. The lowest BCUT2D eigenvalue weighted by atomic mass is 9.91. The molecule has 1 aliphatic carbocycles. The van der Waals surface area contributed by atoms with Crippen molar-refractivity contribution in [2.75, 3.05) is 0 Å². The highest BCUT2D eigenvalue weighted by Gasteiger charge is 2.23. The van der Waals surface area contributed by atoms with Crippen LogP contribution in [0.25, 0.3) is 0 Å². The molecule has 3 rings (SSSR count). The zero-order chi connectivity index (χ0) is 13.2. The fourth-order valence-electron chi connectivity index (χ4n) is 2.72. The number of rotatable bonds is 3. The van der Waals surface area contributed by atoms with Gasteiger partial charge in [-0.15, -0.1) is 11.3 Å². The fraction of sp³-hybridized carbons (Fsp3) is 0.467. The minimum atomic E-state index is 0.289. The third kappa shape index (κ3) is 2.69. The molecule has 0 bridgehead atoms. The first-order chi connectivity index (χ1) is 9.24. The molecule has 0 aliphatic heterocycles. The van der Waals surface area contributed by atoms with Gasteiger partial charge in [0.15, 0.2) is 0 Å². The second kappa shape index (κ2) is 5.39. The van der Waals surface area contributed by atoms with Crippen LogP contribution in [0.4, 0.5) is 0 Å². The molecule has 2 aromatic rings. The molecular weight excluding hydrogens is 254 g/mol. The van der Waals surface area contributed by atoms with Crippen molar-refractivity contribution in [3.05, 3.63) is 45.7 Å². The first-order valence-electron chi connectivity index (χ1n) is 6.86. The molecule has 100 valence electrons. The Labute approximate surface area is 118 Å². The van der Waals surface area contributed by atoms with Gasteiger partial charge in [0.1, 0.15) is 5.01 Å². The first-order valence-corrected chi connectivity index (χ1v) is 7.74. The average molecular weight is 273 g/mol. The summed E-state index contributed by atoms with van der Waals surface area (Å²) in [4.78, 5) is 9.14. The summed E-state index contributed by atoms with van der Waals surface area (Å²) in [5.74, 6) is 0. The molecule has 2 atom stereocenters. The number of fused-ring (bicyclic) bond motifs is 1. The van der Waals surface area contributed by atoms with E-state index in [1.807, 2.05) is 19.2 Å². The number of thiazole rings is 1. The molecule has 2 unspecified atom stereocenters. The van der Waals surface area contributed by atoms with Crippen LogP contribution in [0.15, 0.2) is 23.7 Å². The third-order valence-corrected chi connectivity index (χ3v) is 4.80. The quantitative estimate of drug-likeness (QED) is 0.929. The minimum Gasteiger partial charge on any atom is -0.300 e. The summed E-state index contributed by atoms with van der Waals surface area (Å²) in [6.45, 7) is 4.24. The molecule has 2 heterocycles. The summed E-state index contributed by atoms with van der Waals surface area (Å²) in [5.41, 5.74) is 3.73. The summed E-state index contributed by atoms with van der Waals surface area (Å²) in [7, 11) is 0. The summed E-state index contributed by atoms with van der Waals surface area (Å²) in [5, 5.41) is 6.97. The molecule has 4 heteroatoms. The Morgan fingerprint density at radius 1 is 1.47 bits per heavy atom. The van der Waals surface area contributed by atoms with E-state index in [-0.39, 0.29) is 6.04 Å². The number of pyridine rings is 1. The first kappa shape index (κ1) is 12.8. The van der Waals surface area contributed by atoms with Gasteiger partial charge in [-0.05, 0) is 44.7 Å². The standard InChI is InChI=1S/C15H19N3S/c1-10-9-19-15(17-10)11(2)18-13-7-3-5-12-6-4-8-16-14(12)13/h4,6,8-9,11,13,18H,3,5,7H2,1-2H3. The molecule has 19 heavy (non-hydrogen) atoms. The maximum Gasteiger partial charge on any atom is 0.110 e. The number of hydrogen-bond donors (Lipinski definition) is 1. The molecule has 0 fully saturated rings. The Bertz CT molecular complexity index is 564. The normalized spacial score (nSPS) is 20.0. The maximum atomic E-state index is 4.57. The lowest BCUT2D eigenvalue weighted by Gasteiger charge is -2.27. The largest absolute Gasteiger partial charge is 0.300 e. The lowest BCUT2D eigenvalue weighted by Crippen LogP contribution is -2.28. The predicted octanol–water partition coefficient (Wildman–Crippen LogP) is 3.57. The highest BCUT2D eigenvalue weighted by atomic mass is 32.1. The zero-order valence-electron chi connectivity index (χ0n) is 11.4. The van der Waals surface area contributed by atoms with Gasteiger partial charge in [-0.3, -0.25) is 10.3 Å². The highest BCUT2D eigenvalue weighted by Crippen LogP contribution is 2.30. The van der Waals surface area contributed by atoms with E-state index >= 15 is 0 Å². The van der Waals surface area contributed by atoms with Gasteiger partial charge in [0.25, 0.3) is 0 Å². The molecule has 0 saturated carbocycles. The molecule has 0 radical (unpaired) electrons. The van der Waals surface area contributed by atoms with Crippen molar-refractivity contribution in [2.24, 2.45) is 0 Å². The van der Waals surface area contributed by atoms with Gasteiger partial charge in [-0.2, -0.15) is 0 Å². The van der Waals surface area contributed by atoms with E-state index in [0.717, 1.165) is 12.1 Å². The molecule has 1 N–H and O–H groups in total. The molecule has 0 spiro atoms. The second-order valence-electron chi connectivity index (χ2n) is 5.21. The van der Waals surface area contributed by atoms with Crippen molar-refractivity contribution in [1.29, 1.82) is 0 Å². The summed E-state index contributed by atoms with van der Waals surface area (Å²) >= 11 is 1.73. The smallest absolute Gasteiger partial charge is 0.110 e. The van der Waals surface area contributed by atoms with Gasteiger partial charge in [-0.25, -0.2) is 4.98 Å². The van der Waals surface area contributed by atoms with Crippen molar-refractivity contribution >= 4 is 11.3 Å². The van der Waals surface area contributed by atoms with Crippen LogP contribution < -0.4 is 5.32 Å². The SMILES string of the molecule is Cc1csc(C(C)NC2CCCc3cccnc32)n1. The van der Waals surface area contributed by atoms with Crippen molar-refractivity contribution in [2.45, 2.75) is 45.2 Å². The molecule has 2 aromatic heterocycles. The topological polar surface area (TPSA) is 37.8 Å². The van der Waals surface area contributed by atoms with Crippen LogP contribution in [0.3, 0.4) is 0 Å². The van der Waals surface area contributed by atoms with E-state index < -0.39 is 0 Å². The third-order valence-electron chi connectivity index (χ3n) is 3.65. The van der Waals surface area contributed by atoms with E-state index in [0.29, 0.717) is 6.04 Å². The van der Waals surface area contributed by atoms with Crippen LogP contribution in [0, 0.1) is 6.92 Å². The number of aryl methyl sites for hydroxylation is 2. The fourth-order valence-corrected chi connectivity index (χ4v) is 3.53. The van der Waals surface area contributed by atoms with Crippen molar-refractivity contribution in [3.63, 3.8) is 0 Å². The Morgan fingerprint density at radius 2 is 2.37 bits per heavy atom.